The topological polar surface area (TPSA) is 12.9 Å². The minimum atomic E-state index is 0.109. The van der Waals surface area contributed by atoms with Gasteiger partial charge in [-0.05, 0) is 43.0 Å². The lowest BCUT2D eigenvalue weighted by Gasteiger charge is -2.24. The van der Waals surface area contributed by atoms with E-state index in [4.69, 9.17) is 0 Å². The maximum atomic E-state index is 4.53. The fourth-order valence-electron chi connectivity index (χ4n) is 2.75. The van der Waals surface area contributed by atoms with Crippen LogP contribution < -0.4 is 0 Å². The van der Waals surface area contributed by atoms with Crippen molar-refractivity contribution >= 4 is 0 Å². The van der Waals surface area contributed by atoms with Crippen molar-refractivity contribution in [1.82, 2.24) is 4.98 Å². The third-order valence-corrected chi connectivity index (χ3v) is 3.74. The molecule has 2 aromatic rings. The van der Waals surface area contributed by atoms with Crippen LogP contribution in [0.4, 0.5) is 0 Å². The molecule has 1 heterocycles. The van der Waals surface area contributed by atoms with Crippen molar-refractivity contribution in [3.63, 3.8) is 0 Å². The fraction of sp³-hybridized carbons (Fsp3) is 0.267. The summed E-state index contributed by atoms with van der Waals surface area (Å²) in [6, 6.07) is 14.9. The Morgan fingerprint density at radius 3 is 2.69 bits per heavy atom. The van der Waals surface area contributed by atoms with E-state index in [2.05, 4.69) is 48.3 Å². The Labute approximate surface area is 96.2 Å². The van der Waals surface area contributed by atoms with Crippen LogP contribution in [0.25, 0.3) is 0 Å². The molecule has 0 amide bonds. The summed E-state index contributed by atoms with van der Waals surface area (Å²) < 4.78 is 0. The highest BCUT2D eigenvalue weighted by molar-refractivity contribution is 5.44. The van der Waals surface area contributed by atoms with Crippen LogP contribution in [0.2, 0.25) is 0 Å². The third kappa shape index (κ3) is 1.28. The van der Waals surface area contributed by atoms with Gasteiger partial charge >= 0.3 is 0 Å². The van der Waals surface area contributed by atoms with Crippen molar-refractivity contribution < 1.29 is 0 Å². The molecule has 0 saturated heterocycles. The number of aromatic nitrogens is 1. The van der Waals surface area contributed by atoms with Crippen LogP contribution in [0.15, 0.2) is 48.7 Å². The molecule has 3 rings (SSSR count). The molecule has 0 aliphatic heterocycles. The molecule has 1 aliphatic rings. The first-order valence-electron chi connectivity index (χ1n) is 5.80. The number of hydrogen-bond donors (Lipinski definition) is 0. The van der Waals surface area contributed by atoms with Gasteiger partial charge in [-0.25, -0.2) is 0 Å². The van der Waals surface area contributed by atoms with Gasteiger partial charge in [-0.3, -0.25) is 4.98 Å². The number of aryl methyl sites for hydroxylation is 1. The number of nitrogens with zero attached hydrogens (tertiary/aromatic N) is 1. The molecule has 0 bridgehead atoms. The molecule has 0 spiro atoms. The van der Waals surface area contributed by atoms with E-state index >= 15 is 0 Å². The molecule has 1 nitrogen and oxygen atoms in total. The first-order chi connectivity index (χ1) is 7.81. The normalized spacial score (nSPS) is 23.1. The molecule has 0 fully saturated rings. The first-order valence-corrected chi connectivity index (χ1v) is 5.80. The highest BCUT2D eigenvalue weighted by Crippen LogP contribution is 2.42. The van der Waals surface area contributed by atoms with Gasteiger partial charge in [0.15, 0.2) is 0 Å². The Morgan fingerprint density at radius 1 is 1.06 bits per heavy atom. The monoisotopic (exact) mass is 209 g/mol. The van der Waals surface area contributed by atoms with Crippen LogP contribution in [0, 0.1) is 0 Å². The van der Waals surface area contributed by atoms with E-state index in [1.807, 2.05) is 12.3 Å². The fourth-order valence-corrected chi connectivity index (χ4v) is 2.75. The molecule has 1 aliphatic carbocycles. The Hall–Kier alpha value is -1.63. The molecule has 1 unspecified atom stereocenters. The van der Waals surface area contributed by atoms with Gasteiger partial charge in [0.1, 0.15) is 0 Å². The molecule has 1 atom stereocenters. The Morgan fingerprint density at radius 2 is 1.88 bits per heavy atom. The smallest absolute Gasteiger partial charge is 0.0506 e. The zero-order chi connectivity index (χ0) is 11.0. The number of hydrogen-bond acceptors (Lipinski definition) is 1. The summed E-state index contributed by atoms with van der Waals surface area (Å²) in [7, 11) is 0. The van der Waals surface area contributed by atoms with Crippen LogP contribution in [-0.4, -0.2) is 4.98 Å². The van der Waals surface area contributed by atoms with Gasteiger partial charge in [0.2, 0.25) is 0 Å². The highest BCUT2D eigenvalue weighted by Gasteiger charge is 2.36. The predicted molar refractivity (Wildman–Crippen MR) is 65.5 cm³/mol. The summed E-state index contributed by atoms with van der Waals surface area (Å²) in [5, 5.41) is 0. The van der Waals surface area contributed by atoms with E-state index < -0.39 is 0 Å². The molecule has 80 valence electrons. The van der Waals surface area contributed by atoms with Crippen molar-refractivity contribution in [3.05, 3.63) is 65.5 Å². The van der Waals surface area contributed by atoms with Crippen LogP contribution in [0.1, 0.15) is 30.2 Å². The van der Waals surface area contributed by atoms with Gasteiger partial charge in [-0.15, -0.1) is 0 Å². The number of rotatable bonds is 1. The Bertz CT molecular complexity index is 504. The Balaban J connectivity index is 2.15. The predicted octanol–water partition coefficient (Wildman–Crippen LogP) is 3.33. The van der Waals surface area contributed by atoms with Crippen molar-refractivity contribution in [3.8, 4) is 0 Å². The van der Waals surface area contributed by atoms with E-state index in [9.17, 15) is 0 Å². The van der Waals surface area contributed by atoms with Gasteiger partial charge in [0, 0.05) is 11.6 Å². The second-order valence-corrected chi connectivity index (χ2v) is 4.70. The summed E-state index contributed by atoms with van der Waals surface area (Å²) in [4.78, 5) is 4.53. The molecule has 1 heteroatoms. The number of fused-ring (bicyclic) bond motifs is 1. The molecular formula is C15H15N. The van der Waals surface area contributed by atoms with Crippen molar-refractivity contribution in [1.29, 1.82) is 0 Å². The standard InChI is InChI=1S/C15H15N/c1-15(14-8-4-5-11-16-14)10-9-12-6-2-3-7-13(12)15/h2-8,11H,9-10H2,1H3. The maximum Gasteiger partial charge on any atom is 0.0506 e. The van der Waals surface area contributed by atoms with Gasteiger partial charge in [-0.2, -0.15) is 0 Å². The second-order valence-electron chi connectivity index (χ2n) is 4.70. The zero-order valence-corrected chi connectivity index (χ0v) is 9.48. The molecule has 1 aromatic carbocycles. The van der Waals surface area contributed by atoms with E-state index in [0.717, 1.165) is 0 Å². The molecule has 0 saturated carbocycles. The average Bonchev–Trinajstić information content (AvgIpc) is 2.71. The summed E-state index contributed by atoms with van der Waals surface area (Å²) >= 11 is 0. The Kier molecular flexibility index (Phi) is 2.06. The summed E-state index contributed by atoms with van der Waals surface area (Å²) in [5.41, 5.74) is 4.24. The van der Waals surface area contributed by atoms with Gasteiger partial charge in [0.25, 0.3) is 0 Å². The molecule has 0 N–H and O–H groups in total. The lowest BCUT2D eigenvalue weighted by atomic mass is 9.80. The second kappa shape index (κ2) is 3.44. The van der Waals surface area contributed by atoms with E-state index in [-0.39, 0.29) is 5.41 Å². The number of pyridine rings is 1. The summed E-state index contributed by atoms with van der Waals surface area (Å²) in [6.07, 6.45) is 4.23. The third-order valence-electron chi connectivity index (χ3n) is 3.74. The van der Waals surface area contributed by atoms with Gasteiger partial charge in [-0.1, -0.05) is 30.3 Å². The van der Waals surface area contributed by atoms with E-state index in [1.54, 1.807) is 0 Å². The van der Waals surface area contributed by atoms with E-state index in [0.29, 0.717) is 0 Å². The van der Waals surface area contributed by atoms with Crippen molar-refractivity contribution in [2.45, 2.75) is 25.2 Å². The highest BCUT2D eigenvalue weighted by atomic mass is 14.7. The molecule has 0 radical (unpaired) electrons. The lowest BCUT2D eigenvalue weighted by Crippen LogP contribution is -2.21. The van der Waals surface area contributed by atoms with E-state index in [1.165, 1.54) is 29.7 Å². The van der Waals surface area contributed by atoms with Crippen LogP contribution in [0.3, 0.4) is 0 Å². The largest absolute Gasteiger partial charge is 0.260 e. The maximum absolute atomic E-state index is 4.53. The number of benzene rings is 1. The zero-order valence-electron chi connectivity index (χ0n) is 9.48. The molecular weight excluding hydrogens is 194 g/mol. The average molecular weight is 209 g/mol. The molecule has 1 aromatic heterocycles. The first kappa shape index (κ1) is 9.59. The van der Waals surface area contributed by atoms with Crippen LogP contribution in [0.5, 0.6) is 0 Å². The lowest BCUT2D eigenvalue weighted by molar-refractivity contribution is 0.548. The van der Waals surface area contributed by atoms with Crippen LogP contribution in [-0.2, 0) is 11.8 Å². The van der Waals surface area contributed by atoms with Gasteiger partial charge in [0.05, 0.1) is 5.69 Å². The van der Waals surface area contributed by atoms with Crippen molar-refractivity contribution in [2.75, 3.05) is 0 Å². The van der Waals surface area contributed by atoms with Crippen molar-refractivity contribution in [2.24, 2.45) is 0 Å². The van der Waals surface area contributed by atoms with Crippen LogP contribution >= 0.6 is 0 Å². The van der Waals surface area contributed by atoms with Gasteiger partial charge < -0.3 is 0 Å². The minimum Gasteiger partial charge on any atom is -0.260 e. The molecule has 16 heavy (non-hydrogen) atoms. The summed E-state index contributed by atoms with van der Waals surface area (Å²) in [5.74, 6) is 0. The summed E-state index contributed by atoms with van der Waals surface area (Å²) in [6.45, 7) is 2.31. The SMILES string of the molecule is CC1(c2ccccn2)CCc2ccccc21. The minimum absolute atomic E-state index is 0.109. The quantitative estimate of drug-likeness (QED) is 0.702.